The fourth-order valence-electron chi connectivity index (χ4n) is 1.50. The van der Waals surface area contributed by atoms with Crippen molar-refractivity contribution in [2.45, 2.75) is 21.9 Å². The van der Waals surface area contributed by atoms with Gasteiger partial charge in [0.25, 0.3) is 5.22 Å². The number of rotatable bonds is 4. The Morgan fingerprint density at radius 2 is 2.11 bits per heavy atom. The van der Waals surface area contributed by atoms with E-state index in [4.69, 9.17) is 15.6 Å². The van der Waals surface area contributed by atoms with Crippen LogP contribution in [0.5, 0.6) is 0 Å². The summed E-state index contributed by atoms with van der Waals surface area (Å²) in [5.74, 6) is 0.0609. The summed E-state index contributed by atoms with van der Waals surface area (Å²) in [5, 5.41) is 8.25. The Labute approximate surface area is 114 Å². The van der Waals surface area contributed by atoms with Gasteiger partial charge in [-0.3, -0.25) is 5.41 Å². The van der Waals surface area contributed by atoms with Crippen LogP contribution >= 0.6 is 23.5 Å². The second kappa shape index (κ2) is 5.49. The number of hydrogen-bond acceptors (Lipinski definition) is 5. The summed E-state index contributed by atoms with van der Waals surface area (Å²) in [6, 6.07) is 5.81. The van der Waals surface area contributed by atoms with Gasteiger partial charge in [-0.25, -0.2) is 4.98 Å². The number of aromatic nitrogens is 1. The lowest BCUT2D eigenvalue weighted by Gasteiger charge is -2.10. The van der Waals surface area contributed by atoms with Gasteiger partial charge in [-0.05, 0) is 37.1 Å². The number of nitrogens with two attached hydrogens (primary N) is 1. The van der Waals surface area contributed by atoms with Crippen molar-refractivity contribution in [3.63, 3.8) is 0 Å². The van der Waals surface area contributed by atoms with Crippen LogP contribution in [0.1, 0.15) is 11.3 Å². The molecule has 1 aromatic heterocycles. The van der Waals surface area contributed by atoms with Crippen molar-refractivity contribution < 1.29 is 4.42 Å². The molecule has 3 N–H and O–H groups in total. The summed E-state index contributed by atoms with van der Waals surface area (Å²) in [5.41, 5.74) is 7.23. The average Bonchev–Trinajstić information content (AvgIpc) is 2.74. The van der Waals surface area contributed by atoms with Gasteiger partial charge >= 0.3 is 0 Å². The van der Waals surface area contributed by atoms with Gasteiger partial charge in [0.2, 0.25) is 0 Å². The van der Waals surface area contributed by atoms with E-state index in [9.17, 15) is 0 Å². The van der Waals surface area contributed by atoms with Gasteiger partial charge in [0.1, 0.15) is 12.1 Å². The minimum atomic E-state index is 0.0609. The summed E-state index contributed by atoms with van der Waals surface area (Å²) < 4.78 is 5.31. The monoisotopic (exact) mass is 279 g/mol. The number of oxazole rings is 1. The van der Waals surface area contributed by atoms with Crippen LogP contribution in [0.15, 0.2) is 43.9 Å². The molecule has 6 heteroatoms. The van der Waals surface area contributed by atoms with E-state index < -0.39 is 0 Å². The summed E-state index contributed by atoms with van der Waals surface area (Å²) >= 11 is 2.95. The van der Waals surface area contributed by atoms with Crippen LogP contribution in [0, 0.1) is 12.3 Å². The maximum Gasteiger partial charge on any atom is 0.260 e. The third-order valence-electron chi connectivity index (χ3n) is 2.27. The number of hydrogen-bond donors (Lipinski definition) is 2. The second-order valence-electron chi connectivity index (χ2n) is 3.60. The van der Waals surface area contributed by atoms with Crippen LogP contribution in [-0.2, 0) is 0 Å². The molecule has 0 atom stereocenters. The highest BCUT2D eigenvalue weighted by atomic mass is 32.2. The fourth-order valence-corrected chi connectivity index (χ4v) is 3.15. The van der Waals surface area contributed by atoms with Crippen molar-refractivity contribution in [1.82, 2.24) is 4.98 Å². The van der Waals surface area contributed by atoms with Crippen LogP contribution in [-0.4, -0.2) is 17.1 Å². The molecular formula is C12H13N3OS2. The van der Waals surface area contributed by atoms with Gasteiger partial charge in [0.05, 0.1) is 5.69 Å². The second-order valence-corrected chi connectivity index (χ2v) is 5.45. The molecule has 1 heterocycles. The quantitative estimate of drug-likeness (QED) is 0.511. The molecule has 94 valence electrons. The summed E-state index contributed by atoms with van der Waals surface area (Å²) in [7, 11) is 0. The number of amidine groups is 1. The summed E-state index contributed by atoms with van der Waals surface area (Å²) in [6.45, 7) is 1.87. The zero-order valence-corrected chi connectivity index (χ0v) is 11.7. The molecule has 0 aliphatic carbocycles. The smallest absolute Gasteiger partial charge is 0.260 e. The zero-order valence-electron chi connectivity index (χ0n) is 10.1. The number of thioether (sulfide) groups is 1. The molecule has 18 heavy (non-hydrogen) atoms. The highest BCUT2D eigenvalue weighted by molar-refractivity contribution is 7.99. The van der Waals surface area contributed by atoms with Crippen molar-refractivity contribution >= 4 is 29.4 Å². The Bertz CT molecular complexity index is 580. The highest BCUT2D eigenvalue weighted by Crippen LogP contribution is 2.34. The standard InChI is InChI=1S/C12H13N3OS2/c1-7-6-16-12(15-7)18-9-5-3-4-8(17-2)10(9)11(13)14/h3-6H,1-2H3,(H3,13,14). The average molecular weight is 279 g/mol. The number of nitrogen functional groups attached to an aromatic ring is 1. The molecule has 0 saturated heterocycles. The summed E-state index contributed by atoms with van der Waals surface area (Å²) in [6.07, 6.45) is 3.57. The van der Waals surface area contributed by atoms with E-state index in [-0.39, 0.29) is 5.84 Å². The molecular weight excluding hydrogens is 266 g/mol. The lowest BCUT2D eigenvalue weighted by atomic mass is 10.2. The molecule has 4 nitrogen and oxygen atoms in total. The van der Waals surface area contributed by atoms with E-state index >= 15 is 0 Å². The highest BCUT2D eigenvalue weighted by Gasteiger charge is 2.14. The first-order valence-corrected chi connectivity index (χ1v) is 7.27. The predicted octanol–water partition coefficient (Wildman–Crippen LogP) is 3.14. The maximum absolute atomic E-state index is 7.69. The predicted molar refractivity (Wildman–Crippen MR) is 74.6 cm³/mol. The first-order chi connectivity index (χ1) is 8.61. The molecule has 0 amide bonds. The van der Waals surface area contributed by atoms with E-state index in [1.165, 1.54) is 11.8 Å². The van der Waals surface area contributed by atoms with Crippen LogP contribution in [0.4, 0.5) is 0 Å². The van der Waals surface area contributed by atoms with E-state index in [0.29, 0.717) is 5.22 Å². The molecule has 2 rings (SSSR count). The van der Waals surface area contributed by atoms with Gasteiger partial charge in [-0.15, -0.1) is 11.8 Å². The number of aryl methyl sites for hydroxylation is 1. The molecule has 1 aromatic carbocycles. The van der Waals surface area contributed by atoms with E-state index in [2.05, 4.69) is 4.98 Å². The van der Waals surface area contributed by atoms with Gasteiger partial charge in [-0.2, -0.15) is 0 Å². The maximum atomic E-state index is 7.69. The number of benzene rings is 1. The van der Waals surface area contributed by atoms with Crippen molar-refractivity contribution in [2.24, 2.45) is 5.73 Å². The van der Waals surface area contributed by atoms with Gasteiger partial charge < -0.3 is 10.2 Å². The SMILES string of the molecule is CSc1cccc(Sc2nc(C)co2)c1C(=N)N. The first-order valence-electron chi connectivity index (χ1n) is 5.23. The van der Waals surface area contributed by atoms with Gasteiger partial charge in [0, 0.05) is 15.4 Å². The molecule has 0 aliphatic rings. The van der Waals surface area contributed by atoms with Gasteiger partial charge in [0.15, 0.2) is 0 Å². The molecule has 0 spiro atoms. The molecule has 0 saturated carbocycles. The normalized spacial score (nSPS) is 10.6. The Balaban J connectivity index is 2.41. The molecule has 0 fully saturated rings. The first kappa shape index (κ1) is 13.0. The number of nitrogens with one attached hydrogen (secondary N) is 1. The fraction of sp³-hybridized carbons (Fsp3) is 0.167. The van der Waals surface area contributed by atoms with E-state index in [0.717, 1.165) is 21.0 Å². The van der Waals surface area contributed by atoms with Crippen LogP contribution in [0.2, 0.25) is 0 Å². The van der Waals surface area contributed by atoms with Crippen molar-refractivity contribution in [3.05, 3.63) is 35.7 Å². The molecule has 0 radical (unpaired) electrons. The minimum Gasteiger partial charge on any atom is -0.439 e. The Hall–Kier alpha value is -1.40. The van der Waals surface area contributed by atoms with Crippen molar-refractivity contribution in [2.75, 3.05) is 6.26 Å². The lowest BCUT2D eigenvalue weighted by molar-refractivity contribution is 0.454. The van der Waals surface area contributed by atoms with E-state index in [1.807, 2.05) is 31.4 Å². The van der Waals surface area contributed by atoms with Crippen molar-refractivity contribution in [3.8, 4) is 0 Å². The molecule has 0 unspecified atom stereocenters. The van der Waals surface area contributed by atoms with Crippen molar-refractivity contribution in [1.29, 1.82) is 5.41 Å². The lowest BCUT2D eigenvalue weighted by Crippen LogP contribution is -2.13. The Morgan fingerprint density at radius 1 is 1.39 bits per heavy atom. The summed E-state index contributed by atoms with van der Waals surface area (Å²) in [4.78, 5) is 6.11. The topological polar surface area (TPSA) is 75.9 Å². The zero-order chi connectivity index (χ0) is 13.1. The minimum absolute atomic E-state index is 0.0609. The molecule has 0 aliphatic heterocycles. The van der Waals surface area contributed by atoms with Crippen LogP contribution < -0.4 is 5.73 Å². The van der Waals surface area contributed by atoms with Gasteiger partial charge in [-0.1, -0.05) is 6.07 Å². The third-order valence-corrected chi connectivity index (χ3v) is 3.97. The van der Waals surface area contributed by atoms with E-state index in [1.54, 1.807) is 18.0 Å². The Morgan fingerprint density at radius 3 is 2.67 bits per heavy atom. The Kier molecular flexibility index (Phi) is 3.98. The molecule has 2 aromatic rings. The van der Waals surface area contributed by atoms with Crippen LogP contribution in [0.25, 0.3) is 0 Å². The molecule has 0 bridgehead atoms. The largest absolute Gasteiger partial charge is 0.439 e. The number of nitrogens with zero attached hydrogens (tertiary/aromatic N) is 1. The third kappa shape index (κ3) is 2.70. The van der Waals surface area contributed by atoms with Crippen LogP contribution in [0.3, 0.4) is 0 Å².